The zero-order valence-corrected chi connectivity index (χ0v) is 8.62. The van der Waals surface area contributed by atoms with Crippen molar-refractivity contribution < 1.29 is 14.7 Å². The van der Waals surface area contributed by atoms with Gasteiger partial charge in [-0.25, -0.2) is 0 Å². The molecule has 0 radical (unpaired) electrons. The van der Waals surface area contributed by atoms with E-state index >= 15 is 0 Å². The number of nitrogens with two attached hydrogens (primary N) is 1. The van der Waals surface area contributed by atoms with Gasteiger partial charge >= 0.3 is 5.97 Å². The summed E-state index contributed by atoms with van der Waals surface area (Å²) in [6, 6.07) is -0.512. The molecule has 0 aromatic heterocycles. The van der Waals surface area contributed by atoms with Crippen molar-refractivity contribution in [3.8, 4) is 0 Å². The van der Waals surface area contributed by atoms with Crippen LogP contribution in [0.15, 0.2) is 0 Å². The fourth-order valence-electron chi connectivity index (χ4n) is 0.908. The maximum atomic E-state index is 11.0. The minimum absolute atomic E-state index is 0.134. The molecule has 0 aliphatic heterocycles. The highest BCUT2D eigenvalue weighted by Gasteiger charge is 2.09. The first-order valence-electron chi connectivity index (χ1n) is 4.68. The predicted molar refractivity (Wildman–Crippen MR) is 52.7 cm³/mol. The molecule has 0 saturated carbocycles. The standard InChI is InChI=1S/C9H18N2O3/c1-6(3-4-8(12)13)5-11-9(14)7(2)10/h6-7H,3-5,10H2,1-2H3,(H,11,14)(H,12,13)/t6?,7-/m0/s1. The second-order valence-electron chi connectivity index (χ2n) is 3.57. The summed E-state index contributed by atoms with van der Waals surface area (Å²) in [5.74, 6) is -0.851. The first-order valence-corrected chi connectivity index (χ1v) is 4.68. The summed E-state index contributed by atoms with van der Waals surface area (Å²) < 4.78 is 0. The van der Waals surface area contributed by atoms with Crippen molar-refractivity contribution >= 4 is 11.9 Å². The highest BCUT2D eigenvalue weighted by molar-refractivity contribution is 5.80. The Balaban J connectivity index is 3.58. The van der Waals surface area contributed by atoms with Crippen LogP contribution >= 0.6 is 0 Å². The van der Waals surface area contributed by atoms with Gasteiger partial charge in [0.25, 0.3) is 0 Å². The van der Waals surface area contributed by atoms with Crippen LogP contribution < -0.4 is 11.1 Å². The number of hydrogen-bond acceptors (Lipinski definition) is 3. The number of carbonyl (C=O) groups is 2. The van der Waals surface area contributed by atoms with E-state index in [4.69, 9.17) is 10.8 Å². The molecule has 4 N–H and O–H groups in total. The van der Waals surface area contributed by atoms with Gasteiger partial charge in [0.2, 0.25) is 5.91 Å². The molecule has 5 nitrogen and oxygen atoms in total. The van der Waals surface area contributed by atoms with E-state index in [0.29, 0.717) is 13.0 Å². The van der Waals surface area contributed by atoms with E-state index in [2.05, 4.69) is 5.32 Å². The maximum absolute atomic E-state index is 11.0. The highest BCUT2D eigenvalue weighted by Crippen LogP contribution is 2.03. The third-order valence-electron chi connectivity index (χ3n) is 1.89. The molecule has 0 aliphatic carbocycles. The van der Waals surface area contributed by atoms with Gasteiger partial charge in [-0.3, -0.25) is 9.59 Å². The van der Waals surface area contributed by atoms with Crippen LogP contribution in [0, 0.1) is 5.92 Å². The third kappa shape index (κ3) is 6.42. The Morgan fingerprint density at radius 2 is 2.00 bits per heavy atom. The predicted octanol–water partition coefficient (Wildman–Crippen LogP) is -0.0493. The van der Waals surface area contributed by atoms with Crippen LogP contribution in [0.5, 0.6) is 0 Å². The first-order chi connectivity index (χ1) is 6.43. The summed E-state index contributed by atoms with van der Waals surface area (Å²) in [4.78, 5) is 21.3. The van der Waals surface area contributed by atoms with Crippen LogP contribution in [0.1, 0.15) is 26.7 Å². The molecule has 14 heavy (non-hydrogen) atoms. The van der Waals surface area contributed by atoms with Gasteiger partial charge in [-0.2, -0.15) is 0 Å². The van der Waals surface area contributed by atoms with Gasteiger partial charge < -0.3 is 16.2 Å². The minimum Gasteiger partial charge on any atom is -0.481 e. The molecule has 82 valence electrons. The number of carbonyl (C=O) groups excluding carboxylic acids is 1. The quantitative estimate of drug-likeness (QED) is 0.563. The van der Waals surface area contributed by atoms with E-state index in [-0.39, 0.29) is 18.2 Å². The number of carboxylic acids is 1. The van der Waals surface area contributed by atoms with Crippen LogP contribution in [0.25, 0.3) is 0 Å². The van der Waals surface area contributed by atoms with Gasteiger partial charge in [0, 0.05) is 13.0 Å². The Kier molecular flexibility index (Phi) is 5.87. The molecule has 0 rings (SSSR count). The monoisotopic (exact) mass is 202 g/mol. The molecule has 0 heterocycles. The number of nitrogens with one attached hydrogen (secondary N) is 1. The van der Waals surface area contributed by atoms with Gasteiger partial charge in [0.1, 0.15) is 0 Å². The molecule has 5 heteroatoms. The average Bonchev–Trinajstić information content (AvgIpc) is 2.10. The molecule has 1 amide bonds. The lowest BCUT2D eigenvalue weighted by Crippen LogP contribution is -2.40. The summed E-state index contributed by atoms with van der Waals surface area (Å²) in [7, 11) is 0. The molecule has 1 unspecified atom stereocenters. The minimum atomic E-state index is -0.810. The lowest BCUT2D eigenvalue weighted by Gasteiger charge is -2.12. The Bertz CT molecular complexity index is 204. The van der Waals surface area contributed by atoms with Crippen LogP contribution in [-0.4, -0.2) is 29.6 Å². The molecule has 0 spiro atoms. The average molecular weight is 202 g/mol. The topological polar surface area (TPSA) is 92.4 Å². The van der Waals surface area contributed by atoms with E-state index in [1.165, 1.54) is 0 Å². The van der Waals surface area contributed by atoms with Gasteiger partial charge in [0.05, 0.1) is 6.04 Å². The second kappa shape index (κ2) is 6.37. The van der Waals surface area contributed by atoms with Crippen molar-refractivity contribution in [2.75, 3.05) is 6.54 Å². The zero-order valence-electron chi connectivity index (χ0n) is 8.62. The Morgan fingerprint density at radius 3 is 2.43 bits per heavy atom. The van der Waals surface area contributed by atoms with E-state index < -0.39 is 12.0 Å². The summed E-state index contributed by atoms with van der Waals surface area (Å²) in [6.07, 6.45) is 0.698. The fraction of sp³-hybridized carbons (Fsp3) is 0.778. The van der Waals surface area contributed by atoms with Crippen LogP contribution in [-0.2, 0) is 9.59 Å². The van der Waals surface area contributed by atoms with Gasteiger partial charge in [-0.05, 0) is 19.3 Å². The number of hydrogen-bond donors (Lipinski definition) is 3. The summed E-state index contributed by atoms with van der Waals surface area (Å²) >= 11 is 0. The molecule has 0 aromatic carbocycles. The summed E-state index contributed by atoms with van der Waals surface area (Å²) in [5.41, 5.74) is 5.34. The Hall–Kier alpha value is -1.10. The zero-order chi connectivity index (χ0) is 11.1. The van der Waals surface area contributed by atoms with E-state index in [9.17, 15) is 9.59 Å². The fourth-order valence-corrected chi connectivity index (χ4v) is 0.908. The van der Waals surface area contributed by atoms with E-state index in [1.807, 2.05) is 6.92 Å². The summed E-state index contributed by atoms with van der Waals surface area (Å²) in [6.45, 7) is 3.98. The molecular weight excluding hydrogens is 184 g/mol. The Morgan fingerprint density at radius 1 is 1.43 bits per heavy atom. The van der Waals surface area contributed by atoms with Crippen molar-refractivity contribution in [1.82, 2.24) is 5.32 Å². The van der Waals surface area contributed by atoms with Crippen LogP contribution in [0.2, 0.25) is 0 Å². The molecule has 0 aromatic rings. The van der Waals surface area contributed by atoms with Gasteiger partial charge in [-0.15, -0.1) is 0 Å². The van der Waals surface area contributed by atoms with E-state index in [0.717, 1.165) is 0 Å². The second-order valence-corrected chi connectivity index (χ2v) is 3.57. The molecule has 0 aliphatic rings. The molecule has 0 saturated heterocycles. The highest BCUT2D eigenvalue weighted by atomic mass is 16.4. The van der Waals surface area contributed by atoms with E-state index in [1.54, 1.807) is 6.92 Å². The van der Waals surface area contributed by atoms with Crippen molar-refractivity contribution in [3.05, 3.63) is 0 Å². The lowest BCUT2D eigenvalue weighted by molar-refractivity contribution is -0.137. The normalized spacial score (nSPS) is 14.5. The summed E-state index contributed by atoms with van der Waals surface area (Å²) in [5, 5.41) is 11.1. The SMILES string of the molecule is CC(CCC(=O)O)CNC(=O)[C@H](C)N. The molecule has 0 bridgehead atoms. The largest absolute Gasteiger partial charge is 0.481 e. The van der Waals surface area contributed by atoms with Gasteiger partial charge in [0.15, 0.2) is 0 Å². The van der Waals surface area contributed by atoms with Crippen molar-refractivity contribution in [2.24, 2.45) is 11.7 Å². The number of aliphatic carboxylic acids is 1. The maximum Gasteiger partial charge on any atom is 0.303 e. The molecule has 2 atom stereocenters. The van der Waals surface area contributed by atoms with Gasteiger partial charge in [-0.1, -0.05) is 6.92 Å². The van der Waals surface area contributed by atoms with Crippen LogP contribution in [0.4, 0.5) is 0 Å². The number of amides is 1. The van der Waals surface area contributed by atoms with Crippen molar-refractivity contribution in [3.63, 3.8) is 0 Å². The molecule has 0 fully saturated rings. The molecular formula is C9H18N2O3. The van der Waals surface area contributed by atoms with Crippen molar-refractivity contribution in [2.45, 2.75) is 32.7 Å². The third-order valence-corrected chi connectivity index (χ3v) is 1.89. The lowest BCUT2D eigenvalue weighted by atomic mass is 10.1. The number of rotatable bonds is 6. The Labute approximate surface area is 83.7 Å². The van der Waals surface area contributed by atoms with Crippen molar-refractivity contribution in [1.29, 1.82) is 0 Å². The number of carboxylic acid groups (broad SMARTS) is 1. The smallest absolute Gasteiger partial charge is 0.303 e. The first kappa shape index (κ1) is 12.9. The van der Waals surface area contributed by atoms with Crippen LogP contribution in [0.3, 0.4) is 0 Å².